The van der Waals surface area contributed by atoms with Crippen LogP contribution in [0.15, 0.2) is 48.7 Å². The van der Waals surface area contributed by atoms with Crippen molar-refractivity contribution in [3.05, 3.63) is 71.2 Å². The molecule has 0 radical (unpaired) electrons. The van der Waals surface area contributed by atoms with Gasteiger partial charge in [-0.05, 0) is 70.5 Å². The van der Waals surface area contributed by atoms with E-state index in [-0.39, 0.29) is 11.9 Å². The molecule has 0 aliphatic heterocycles. The molecule has 0 saturated heterocycles. The molecule has 0 spiro atoms. The maximum Gasteiger partial charge on any atom is 0.253 e. The lowest BCUT2D eigenvalue weighted by molar-refractivity contribution is 0.0939. The average molecular weight is 408 g/mol. The first-order valence-electron chi connectivity index (χ1n) is 10.3. The number of aryl methyl sites for hydroxylation is 1. The van der Waals surface area contributed by atoms with Crippen LogP contribution in [-0.4, -0.2) is 28.7 Å². The van der Waals surface area contributed by atoms with E-state index in [9.17, 15) is 4.79 Å². The number of ether oxygens (including phenoxy) is 2. The number of amides is 1. The summed E-state index contributed by atoms with van der Waals surface area (Å²) in [6.07, 6.45) is 1.75. The van der Waals surface area contributed by atoms with Crippen LogP contribution in [0.4, 0.5) is 0 Å². The Labute approximate surface area is 177 Å². The Morgan fingerprint density at radius 2 is 1.80 bits per heavy atom. The lowest BCUT2D eigenvalue weighted by Gasteiger charge is -2.17. The van der Waals surface area contributed by atoms with E-state index in [1.807, 2.05) is 81.7 Å². The summed E-state index contributed by atoms with van der Waals surface area (Å²) in [4.78, 5) is 17.4. The summed E-state index contributed by atoms with van der Waals surface area (Å²) in [5, 5.41) is 3.10. The molecule has 0 fully saturated rings. The molecule has 1 N–H and O–H groups in total. The molecule has 3 aromatic rings. The van der Waals surface area contributed by atoms with Crippen LogP contribution < -0.4 is 14.8 Å². The van der Waals surface area contributed by atoms with E-state index in [0.717, 1.165) is 22.8 Å². The quantitative estimate of drug-likeness (QED) is 0.584. The highest BCUT2D eigenvalue weighted by molar-refractivity contribution is 5.96. The lowest BCUT2D eigenvalue weighted by Crippen LogP contribution is -2.27. The van der Waals surface area contributed by atoms with Gasteiger partial charge in [0.05, 0.1) is 24.8 Å². The summed E-state index contributed by atoms with van der Waals surface area (Å²) in [7, 11) is 0. The van der Waals surface area contributed by atoms with E-state index in [1.165, 1.54) is 0 Å². The largest absolute Gasteiger partial charge is 0.490 e. The van der Waals surface area contributed by atoms with Gasteiger partial charge in [-0.1, -0.05) is 12.1 Å². The van der Waals surface area contributed by atoms with Crippen LogP contribution in [0.3, 0.4) is 0 Å². The number of hydrogen-bond acceptors (Lipinski definition) is 4. The Bertz CT molecular complexity index is 1010. The van der Waals surface area contributed by atoms with Crippen molar-refractivity contribution < 1.29 is 14.3 Å². The number of rotatable bonds is 8. The molecule has 1 aromatic carbocycles. The van der Waals surface area contributed by atoms with Gasteiger partial charge in [0.25, 0.3) is 5.91 Å². The summed E-state index contributed by atoms with van der Waals surface area (Å²) in [5.74, 6) is 2.07. The topological polar surface area (TPSA) is 65.4 Å². The molecule has 2 heterocycles. The summed E-state index contributed by atoms with van der Waals surface area (Å²) in [6, 6.07) is 13.2. The monoisotopic (exact) mass is 407 g/mol. The predicted octanol–water partition coefficient (Wildman–Crippen LogP) is 4.78. The average Bonchev–Trinajstić information content (AvgIpc) is 3.04. The molecule has 30 heavy (non-hydrogen) atoms. The van der Waals surface area contributed by atoms with Gasteiger partial charge in [-0.2, -0.15) is 0 Å². The normalized spacial score (nSPS) is 11.8. The standard InChI is InChI=1S/C24H29N3O3/c1-6-29-21-12-11-19(15-22(21)30-7-2)17(4)26-24(28)20-14-16(3)27(18(20)5)23-10-8-9-13-25-23/h8-15,17H,6-7H2,1-5H3,(H,26,28). The summed E-state index contributed by atoms with van der Waals surface area (Å²) >= 11 is 0. The van der Waals surface area contributed by atoms with Crippen LogP contribution in [0, 0.1) is 13.8 Å². The molecule has 0 saturated carbocycles. The van der Waals surface area contributed by atoms with Gasteiger partial charge in [-0.15, -0.1) is 0 Å². The second-order valence-electron chi connectivity index (χ2n) is 7.08. The molecule has 0 aliphatic carbocycles. The molecule has 1 amide bonds. The first kappa shape index (κ1) is 21.4. The zero-order valence-electron chi connectivity index (χ0n) is 18.2. The zero-order chi connectivity index (χ0) is 21.7. The molecule has 0 bridgehead atoms. The smallest absolute Gasteiger partial charge is 0.253 e. The molecule has 0 aliphatic rings. The highest BCUT2D eigenvalue weighted by atomic mass is 16.5. The fourth-order valence-electron chi connectivity index (χ4n) is 3.53. The number of hydrogen-bond donors (Lipinski definition) is 1. The fourth-order valence-corrected chi connectivity index (χ4v) is 3.53. The minimum atomic E-state index is -0.190. The van der Waals surface area contributed by atoms with Crippen molar-refractivity contribution in [1.82, 2.24) is 14.9 Å². The number of aromatic nitrogens is 2. The van der Waals surface area contributed by atoms with E-state index in [2.05, 4.69) is 10.3 Å². The lowest BCUT2D eigenvalue weighted by atomic mass is 10.1. The van der Waals surface area contributed by atoms with Crippen LogP contribution in [0.1, 0.15) is 54.1 Å². The van der Waals surface area contributed by atoms with Crippen molar-refractivity contribution in [1.29, 1.82) is 0 Å². The molecule has 3 rings (SSSR count). The molecule has 158 valence electrons. The van der Waals surface area contributed by atoms with Crippen molar-refractivity contribution in [2.75, 3.05) is 13.2 Å². The van der Waals surface area contributed by atoms with Crippen LogP contribution in [0.5, 0.6) is 11.5 Å². The minimum absolute atomic E-state index is 0.121. The van der Waals surface area contributed by atoms with Gasteiger partial charge < -0.3 is 19.4 Å². The zero-order valence-corrected chi connectivity index (χ0v) is 18.2. The summed E-state index contributed by atoms with van der Waals surface area (Å²) < 4.78 is 13.3. The van der Waals surface area contributed by atoms with Crippen LogP contribution >= 0.6 is 0 Å². The second kappa shape index (κ2) is 9.48. The maximum absolute atomic E-state index is 13.0. The molecular formula is C24H29N3O3. The first-order valence-corrected chi connectivity index (χ1v) is 10.3. The van der Waals surface area contributed by atoms with Gasteiger partial charge >= 0.3 is 0 Å². The van der Waals surface area contributed by atoms with Gasteiger partial charge in [0.2, 0.25) is 0 Å². The number of nitrogens with one attached hydrogen (secondary N) is 1. The van der Waals surface area contributed by atoms with Crippen molar-refractivity contribution in [3.8, 4) is 17.3 Å². The third-order valence-electron chi connectivity index (χ3n) is 4.97. The van der Waals surface area contributed by atoms with Gasteiger partial charge in [0.15, 0.2) is 11.5 Å². The van der Waals surface area contributed by atoms with E-state index < -0.39 is 0 Å². The van der Waals surface area contributed by atoms with E-state index in [4.69, 9.17) is 9.47 Å². The Kier molecular flexibility index (Phi) is 6.77. The van der Waals surface area contributed by atoms with Gasteiger partial charge in [-0.25, -0.2) is 4.98 Å². The maximum atomic E-state index is 13.0. The van der Waals surface area contributed by atoms with Crippen molar-refractivity contribution in [2.24, 2.45) is 0 Å². The SMILES string of the molecule is CCOc1ccc(C(C)NC(=O)c2cc(C)n(-c3ccccn3)c2C)cc1OCC. The Hall–Kier alpha value is -3.28. The number of carbonyl (C=O) groups is 1. The molecule has 1 atom stereocenters. The third kappa shape index (κ3) is 4.48. The first-order chi connectivity index (χ1) is 14.5. The van der Waals surface area contributed by atoms with Crippen LogP contribution in [-0.2, 0) is 0 Å². The fraction of sp³-hybridized carbons (Fsp3) is 0.333. The Balaban J connectivity index is 1.82. The van der Waals surface area contributed by atoms with E-state index >= 15 is 0 Å². The molecule has 6 heteroatoms. The Morgan fingerprint density at radius 3 is 2.47 bits per heavy atom. The Morgan fingerprint density at radius 1 is 1.07 bits per heavy atom. The second-order valence-corrected chi connectivity index (χ2v) is 7.08. The summed E-state index contributed by atoms with van der Waals surface area (Å²) in [5.41, 5.74) is 3.41. The number of pyridine rings is 1. The highest BCUT2D eigenvalue weighted by Crippen LogP contribution is 2.31. The highest BCUT2D eigenvalue weighted by Gasteiger charge is 2.20. The van der Waals surface area contributed by atoms with Crippen molar-refractivity contribution in [3.63, 3.8) is 0 Å². The van der Waals surface area contributed by atoms with Crippen molar-refractivity contribution >= 4 is 5.91 Å². The van der Waals surface area contributed by atoms with Gasteiger partial charge in [0, 0.05) is 17.6 Å². The third-order valence-corrected chi connectivity index (χ3v) is 4.97. The molecular weight excluding hydrogens is 378 g/mol. The van der Waals surface area contributed by atoms with Gasteiger partial charge in [0.1, 0.15) is 5.82 Å². The van der Waals surface area contributed by atoms with Gasteiger partial charge in [-0.3, -0.25) is 4.79 Å². The number of carbonyl (C=O) groups excluding carboxylic acids is 1. The number of nitrogens with zero attached hydrogens (tertiary/aromatic N) is 2. The summed E-state index contributed by atoms with van der Waals surface area (Å²) in [6.45, 7) is 10.9. The predicted molar refractivity (Wildman–Crippen MR) is 118 cm³/mol. The van der Waals surface area contributed by atoms with Crippen LogP contribution in [0.2, 0.25) is 0 Å². The van der Waals surface area contributed by atoms with Crippen LogP contribution in [0.25, 0.3) is 5.82 Å². The number of benzene rings is 1. The minimum Gasteiger partial charge on any atom is -0.490 e. The molecule has 2 aromatic heterocycles. The van der Waals surface area contributed by atoms with E-state index in [0.29, 0.717) is 30.3 Å². The molecule has 6 nitrogen and oxygen atoms in total. The van der Waals surface area contributed by atoms with Crippen molar-refractivity contribution in [2.45, 2.75) is 40.7 Å². The molecule has 1 unspecified atom stereocenters. The van der Waals surface area contributed by atoms with E-state index in [1.54, 1.807) is 6.20 Å².